The van der Waals surface area contributed by atoms with Gasteiger partial charge in [-0.05, 0) is 43.3 Å². The Kier molecular flexibility index (Phi) is 3.58. The van der Waals surface area contributed by atoms with Crippen molar-refractivity contribution in [2.75, 3.05) is 12.8 Å². The van der Waals surface area contributed by atoms with Crippen LogP contribution in [0, 0.1) is 12.7 Å². The van der Waals surface area contributed by atoms with Crippen LogP contribution in [0.4, 0.5) is 10.2 Å². The van der Waals surface area contributed by atoms with Gasteiger partial charge in [0.15, 0.2) is 0 Å². The summed E-state index contributed by atoms with van der Waals surface area (Å²) in [6.45, 7) is 1.95. The van der Waals surface area contributed by atoms with Gasteiger partial charge in [0.1, 0.15) is 11.6 Å². The fraction of sp³-hybridized carbons (Fsp3) is 0.214. The molecule has 18 heavy (non-hydrogen) atoms. The van der Waals surface area contributed by atoms with E-state index in [1.807, 2.05) is 26.1 Å². The van der Waals surface area contributed by atoms with Gasteiger partial charge in [-0.15, -0.1) is 0 Å². The second-order valence-corrected chi connectivity index (χ2v) is 4.26. The van der Waals surface area contributed by atoms with Crippen LogP contribution in [-0.2, 0) is 0 Å². The molecule has 1 aromatic carbocycles. The summed E-state index contributed by atoms with van der Waals surface area (Å²) in [6.07, 6.45) is 1.72. The lowest BCUT2D eigenvalue weighted by Crippen LogP contribution is -2.19. The Morgan fingerprint density at radius 3 is 2.78 bits per heavy atom. The van der Waals surface area contributed by atoms with E-state index in [-0.39, 0.29) is 11.9 Å². The fourth-order valence-corrected chi connectivity index (χ4v) is 2.02. The molecule has 4 heteroatoms. The van der Waals surface area contributed by atoms with Gasteiger partial charge in [0, 0.05) is 11.8 Å². The van der Waals surface area contributed by atoms with Crippen molar-refractivity contribution in [3.63, 3.8) is 0 Å². The molecular weight excluding hydrogens is 229 g/mol. The third-order valence-electron chi connectivity index (χ3n) is 2.87. The maximum atomic E-state index is 13.3. The lowest BCUT2D eigenvalue weighted by Gasteiger charge is -2.19. The Bertz CT molecular complexity index is 554. The van der Waals surface area contributed by atoms with Crippen LogP contribution in [0.2, 0.25) is 0 Å². The standard InChI is InChI=1S/C14H16FN3/c1-9-6-12(14(16)18-8-9)13(17-2)10-4-3-5-11(15)7-10/h3-8,13,17H,1-2H3,(H2,16,18). The Balaban J connectivity index is 2.48. The number of nitrogens with two attached hydrogens (primary N) is 1. The summed E-state index contributed by atoms with van der Waals surface area (Å²) >= 11 is 0. The Hall–Kier alpha value is -1.94. The Morgan fingerprint density at radius 1 is 1.33 bits per heavy atom. The normalized spacial score (nSPS) is 12.4. The molecule has 0 aliphatic carbocycles. The third-order valence-corrected chi connectivity index (χ3v) is 2.87. The van der Waals surface area contributed by atoms with Crippen molar-refractivity contribution in [2.45, 2.75) is 13.0 Å². The highest BCUT2D eigenvalue weighted by Gasteiger charge is 2.16. The van der Waals surface area contributed by atoms with Gasteiger partial charge in [-0.1, -0.05) is 12.1 Å². The van der Waals surface area contributed by atoms with Gasteiger partial charge in [0.05, 0.1) is 6.04 Å². The van der Waals surface area contributed by atoms with Crippen LogP contribution in [0.15, 0.2) is 36.5 Å². The molecule has 0 spiro atoms. The van der Waals surface area contributed by atoms with Gasteiger partial charge in [-0.2, -0.15) is 0 Å². The average molecular weight is 245 g/mol. The van der Waals surface area contributed by atoms with E-state index in [1.54, 1.807) is 12.3 Å². The molecule has 94 valence electrons. The van der Waals surface area contributed by atoms with Crippen LogP contribution < -0.4 is 11.1 Å². The van der Waals surface area contributed by atoms with Crippen LogP contribution >= 0.6 is 0 Å². The van der Waals surface area contributed by atoms with Crippen molar-refractivity contribution in [3.05, 3.63) is 59.0 Å². The molecule has 0 amide bonds. The van der Waals surface area contributed by atoms with Crippen molar-refractivity contribution in [2.24, 2.45) is 0 Å². The zero-order valence-corrected chi connectivity index (χ0v) is 10.4. The average Bonchev–Trinajstić information content (AvgIpc) is 2.35. The van der Waals surface area contributed by atoms with Gasteiger partial charge in [0.2, 0.25) is 0 Å². The number of nitrogens with zero attached hydrogens (tertiary/aromatic N) is 1. The molecule has 1 heterocycles. The highest BCUT2D eigenvalue weighted by molar-refractivity contribution is 5.47. The SMILES string of the molecule is CNC(c1cccc(F)c1)c1cc(C)cnc1N. The highest BCUT2D eigenvalue weighted by atomic mass is 19.1. The largest absolute Gasteiger partial charge is 0.383 e. The summed E-state index contributed by atoms with van der Waals surface area (Å²) in [5, 5.41) is 3.14. The molecule has 1 aromatic heterocycles. The zero-order valence-electron chi connectivity index (χ0n) is 10.4. The predicted octanol–water partition coefficient (Wildman–Crippen LogP) is 2.42. The van der Waals surface area contributed by atoms with Gasteiger partial charge >= 0.3 is 0 Å². The molecule has 1 unspecified atom stereocenters. The van der Waals surface area contributed by atoms with Gasteiger partial charge in [-0.3, -0.25) is 0 Å². The molecule has 1 atom stereocenters. The second-order valence-electron chi connectivity index (χ2n) is 4.26. The monoisotopic (exact) mass is 245 g/mol. The van der Waals surface area contributed by atoms with E-state index in [0.717, 1.165) is 16.7 Å². The maximum absolute atomic E-state index is 13.3. The second kappa shape index (κ2) is 5.14. The summed E-state index contributed by atoms with van der Waals surface area (Å²) in [5.41, 5.74) is 8.61. The molecule has 0 radical (unpaired) electrons. The quantitative estimate of drug-likeness (QED) is 0.873. The summed E-state index contributed by atoms with van der Waals surface area (Å²) in [5.74, 6) is 0.205. The Labute approximate surface area is 106 Å². The molecule has 0 aliphatic rings. The van der Waals surface area contributed by atoms with Crippen LogP contribution in [0.25, 0.3) is 0 Å². The number of aryl methyl sites for hydroxylation is 1. The number of benzene rings is 1. The summed E-state index contributed by atoms with van der Waals surface area (Å²) in [4.78, 5) is 4.14. The summed E-state index contributed by atoms with van der Waals surface area (Å²) in [7, 11) is 1.82. The van der Waals surface area contributed by atoms with E-state index >= 15 is 0 Å². The molecule has 0 fully saturated rings. The minimum absolute atomic E-state index is 0.159. The molecule has 2 rings (SSSR count). The number of hydrogen-bond acceptors (Lipinski definition) is 3. The summed E-state index contributed by atoms with van der Waals surface area (Å²) in [6, 6.07) is 8.29. The molecular formula is C14H16FN3. The number of pyridine rings is 1. The maximum Gasteiger partial charge on any atom is 0.128 e. The van der Waals surface area contributed by atoms with Gasteiger partial charge < -0.3 is 11.1 Å². The van der Waals surface area contributed by atoms with Crippen LogP contribution in [0.5, 0.6) is 0 Å². The fourth-order valence-electron chi connectivity index (χ4n) is 2.02. The van der Waals surface area contributed by atoms with Crippen LogP contribution in [0.1, 0.15) is 22.7 Å². The smallest absolute Gasteiger partial charge is 0.128 e. The number of nitrogen functional groups attached to an aromatic ring is 1. The van der Waals surface area contributed by atoms with Crippen LogP contribution in [-0.4, -0.2) is 12.0 Å². The zero-order chi connectivity index (χ0) is 13.1. The van der Waals surface area contributed by atoms with Crippen molar-refractivity contribution >= 4 is 5.82 Å². The lowest BCUT2D eigenvalue weighted by molar-refractivity contribution is 0.616. The molecule has 2 aromatic rings. The van der Waals surface area contributed by atoms with Crippen molar-refractivity contribution in [3.8, 4) is 0 Å². The van der Waals surface area contributed by atoms with Crippen molar-refractivity contribution in [1.82, 2.24) is 10.3 Å². The van der Waals surface area contributed by atoms with E-state index in [0.29, 0.717) is 5.82 Å². The van der Waals surface area contributed by atoms with E-state index in [1.165, 1.54) is 12.1 Å². The van der Waals surface area contributed by atoms with E-state index < -0.39 is 0 Å². The molecule has 0 saturated heterocycles. The first kappa shape index (κ1) is 12.5. The molecule has 3 nitrogen and oxygen atoms in total. The van der Waals surface area contributed by atoms with Crippen molar-refractivity contribution < 1.29 is 4.39 Å². The first-order valence-corrected chi connectivity index (χ1v) is 5.76. The first-order chi connectivity index (χ1) is 8.61. The van der Waals surface area contributed by atoms with Crippen LogP contribution in [0.3, 0.4) is 0 Å². The minimum atomic E-state index is -0.257. The van der Waals surface area contributed by atoms with E-state index in [9.17, 15) is 4.39 Å². The third kappa shape index (κ3) is 2.49. The number of halogens is 1. The number of nitrogens with one attached hydrogen (secondary N) is 1. The molecule has 0 bridgehead atoms. The highest BCUT2D eigenvalue weighted by Crippen LogP contribution is 2.26. The molecule has 3 N–H and O–H groups in total. The van der Waals surface area contributed by atoms with Gasteiger partial charge in [0.25, 0.3) is 0 Å². The Morgan fingerprint density at radius 2 is 2.11 bits per heavy atom. The predicted molar refractivity (Wildman–Crippen MR) is 70.7 cm³/mol. The topological polar surface area (TPSA) is 50.9 Å². The van der Waals surface area contributed by atoms with Crippen molar-refractivity contribution in [1.29, 1.82) is 0 Å². The molecule has 0 saturated carbocycles. The van der Waals surface area contributed by atoms with Gasteiger partial charge in [-0.25, -0.2) is 9.37 Å². The minimum Gasteiger partial charge on any atom is -0.383 e. The first-order valence-electron chi connectivity index (χ1n) is 5.76. The summed E-state index contributed by atoms with van der Waals surface area (Å²) < 4.78 is 13.3. The number of rotatable bonds is 3. The van der Waals surface area contributed by atoms with E-state index in [4.69, 9.17) is 5.73 Å². The van der Waals surface area contributed by atoms with E-state index in [2.05, 4.69) is 10.3 Å². The molecule has 0 aliphatic heterocycles. The lowest BCUT2D eigenvalue weighted by atomic mass is 9.98. The number of aromatic nitrogens is 1. The number of anilines is 1. The number of hydrogen-bond donors (Lipinski definition) is 2.